The number of carbonyl (C=O) groups is 1. The molecule has 0 atom stereocenters. The quantitative estimate of drug-likeness (QED) is 0.855. The minimum absolute atomic E-state index is 0.210. The highest BCUT2D eigenvalue weighted by Gasteiger charge is 1.99. The van der Waals surface area contributed by atoms with Crippen LogP contribution in [0.1, 0.15) is 10.4 Å². The molecule has 1 amide bonds. The molecule has 1 N–H and O–H groups in total. The van der Waals surface area contributed by atoms with Crippen molar-refractivity contribution in [3.63, 3.8) is 0 Å². The molecular formula is C14H10N2OS. The standard InChI is InChI=1S/C14H10N2OS/c15-10-11-3-1-4-12(9-11)16-14(17)7-6-13-5-2-8-18-13/h1-9H,(H,16,17). The zero-order chi connectivity index (χ0) is 12.8. The van der Waals surface area contributed by atoms with Gasteiger partial charge < -0.3 is 5.32 Å². The first kappa shape index (κ1) is 12.1. The van der Waals surface area contributed by atoms with Crippen molar-refractivity contribution in [2.45, 2.75) is 0 Å². The Hall–Kier alpha value is -2.38. The maximum absolute atomic E-state index is 11.6. The lowest BCUT2D eigenvalue weighted by Crippen LogP contribution is -2.07. The number of anilines is 1. The molecule has 0 fully saturated rings. The van der Waals surface area contributed by atoms with Gasteiger partial charge in [-0.1, -0.05) is 12.1 Å². The van der Waals surface area contributed by atoms with Crippen LogP contribution in [0.25, 0.3) is 6.08 Å². The fourth-order valence-electron chi connectivity index (χ4n) is 1.39. The zero-order valence-electron chi connectivity index (χ0n) is 9.46. The summed E-state index contributed by atoms with van der Waals surface area (Å²) >= 11 is 1.57. The molecule has 0 aliphatic carbocycles. The van der Waals surface area contributed by atoms with Gasteiger partial charge in [0.15, 0.2) is 0 Å². The van der Waals surface area contributed by atoms with Crippen molar-refractivity contribution in [1.82, 2.24) is 0 Å². The van der Waals surface area contributed by atoms with Gasteiger partial charge in [0.05, 0.1) is 11.6 Å². The van der Waals surface area contributed by atoms with Crippen LogP contribution in [0.2, 0.25) is 0 Å². The summed E-state index contributed by atoms with van der Waals surface area (Å²) in [6.07, 6.45) is 3.24. The number of hydrogen-bond donors (Lipinski definition) is 1. The highest BCUT2D eigenvalue weighted by atomic mass is 32.1. The highest BCUT2D eigenvalue weighted by Crippen LogP contribution is 2.12. The molecule has 1 aromatic carbocycles. The van der Waals surface area contributed by atoms with E-state index in [1.165, 1.54) is 6.08 Å². The van der Waals surface area contributed by atoms with E-state index >= 15 is 0 Å². The number of rotatable bonds is 3. The summed E-state index contributed by atoms with van der Waals surface area (Å²) < 4.78 is 0. The molecule has 3 nitrogen and oxygen atoms in total. The fraction of sp³-hybridized carbons (Fsp3) is 0. The third-order valence-electron chi connectivity index (χ3n) is 2.20. The van der Waals surface area contributed by atoms with E-state index in [0.717, 1.165) is 4.88 Å². The highest BCUT2D eigenvalue weighted by molar-refractivity contribution is 7.10. The number of benzene rings is 1. The average Bonchev–Trinajstić information content (AvgIpc) is 2.90. The van der Waals surface area contributed by atoms with E-state index in [4.69, 9.17) is 5.26 Å². The van der Waals surface area contributed by atoms with Crippen LogP contribution in [-0.2, 0) is 4.79 Å². The minimum Gasteiger partial charge on any atom is -0.322 e. The lowest BCUT2D eigenvalue weighted by Gasteiger charge is -2.01. The number of carbonyl (C=O) groups excluding carboxylic acids is 1. The molecule has 88 valence electrons. The summed E-state index contributed by atoms with van der Waals surface area (Å²) in [6, 6.07) is 12.7. The molecule has 0 radical (unpaired) electrons. The monoisotopic (exact) mass is 254 g/mol. The van der Waals surface area contributed by atoms with Gasteiger partial charge in [-0.25, -0.2) is 0 Å². The Labute approximate surface area is 109 Å². The Kier molecular flexibility index (Phi) is 3.90. The molecule has 1 aromatic heterocycles. The van der Waals surface area contributed by atoms with Crippen LogP contribution in [0.4, 0.5) is 5.69 Å². The van der Waals surface area contributed by atoms with Crippen LogP contribution in [-0.4, -0.2) is 5.91 Å². The second-order valence-electron chi connectivity index (χ2n) is 3.53. The van der Waals surface area contributed by atoms with E-state index in [1.807, 2.05) is 23.6 Å². The van der Waals surface area contributed by atoms with Gasteiger partial charge in [0.25, 0.3) is 0 Å². The van der Waals surface area contributed by atoms with Crippen molar-refractivity contribution in [2.75, 3.05) is 5.32 Å². The third-order valence-corrected chi connectivity index (χ3v) is 3.04. The number of nitrogens with zero attached hydrogens (tertiary/aromatic N) is 1. The number of hydrogen-bond acceptors (Lipinski definition) is 3. The maximum atomic E-state index is 11.6. The van der Waals surface area contributed by atoms with Crippen molar-refractivity contribution >= 4 is 29.0 Å². The molecule has 0 aliphatic rings. The normalized spacial score (nSPS) is 10.2. The summed E-state index contributed by atoms with van der Waals surface area (Å²) in [5.41, 5.74) is 1.14. The second kappa shape index (κ2) is 5.80. The number of amides is 1. The van der Waals surface area contributed by atoms with E-state index in [-0.39, 0.29) is 5.91 Å². The van der Waals surface area contributed by atoms with Crippen LogP contribution in [0, 0.1) is 11.3 Å². The molecule has 0 saturated carbocycles. The van der Waals surface area contributed by atoms with E-state index in [2.05, 4.69) is 5.32 Å². The topological polar surface area (TPSA) is 52.9 Å². The van der Waals surface area contributed by atoms with Gasteiger partial charge >= 0.3 is 0 Å². The molecule has 0 saturated heterocycles. The predicted molar refractivity (Wildman–Crippen MR) is 73.1 cm³/mol. The first-order chi connectivity index (χ1) is 8.78. The Bertz CT molecular complexity index is 609. The smallest absolute Gasteiger partial charge is 0.248 e. The van der Waals surface area contributed by atoms with E-state index in [1.54, 1.807) is 41.7 Å². The van der Waals surface area contributed by atoms with Gasteiger partial charge in [-0.2, -0.15) is 5.26 Å². The zero-order valence-corrected chi connectivity index (χ0v) is 10.3. The molecular weight excluding hydrogens is 244 g/mol. The molecule has 18 heavy (non-hydrogen) atoms. The van der Waals surface area contributed by atoms with Gasteiger partial charge in [-0.3, -0.25) is 4.79 Å². The molecule has 2 rings (SSSR count). The van der Waals surface area contributed by atoms with Crippen molar-refractivity contribution in [1.29, 1.82) is 5.26 Å². The fourth-order valence-corrected chi connectivity index (χ4v) is 2.01. The molecule has 0 bridgehead atoms. The second-order valence-corrected chi connectivity index (χ2v) is 4.51. The summed E-state index contributed by atoms with van der Waals surface area (Å²) in [7, 11) is 0. The maximum Gasteiger partial charge on any atom is 0.248 e. The van der Waals surface area contributed by atoms with Crippen LogP contribution < -0.4 is 5.32 Å². The Morgan fingerprint density at radius 2 is 2.22 bits per heavy atom. The molecule has 0 unspecified atom stereocenters. The van der Waals surface area contributed by atoms with Crippen LogP contribution in [0.3, 0.4) is 0 Å². The average molecular weight is 254 g/mol. The van der Waals surface area contributed by atoms with Crippen molar-refractivity contribution in [3.8, 4) is 6.07 Å². The predicted octanol–water partition coefficient (Wildman–Crippen LogP) is 3.27. The molecule has 2 aromatic rings. The van der Waals surface area contributed by atoms with E-state index < -0.39 is 0 Å². The van der Waals surface area contributed by atoms with Crippen LogP contribution in [0.5, 0.6) is 0 Å². The van der Waals surface area contributed by atoms with Gasteiger partial charge in [0, 0.05) is 16.6 Å². The molecule has 0 spiro atoms. The first-order valence-corrected chi connectivity index (χ1v) is 6.18. The van der Waals surface area contributed by atoms with Crippen molar-refractivity contribution in [3.05, 3.63) is 58.3 Å². The van der Waals surface area contributed by atoms with Gasteiger partial charge in [0.2, 0.25) is 5.91 Å². The molecule has 4 heteroatoms. The first-order valence-electron chi connectivity index (χ1n) is 5.30. The largest absolute Gasteiger partial charge is 0.322 e. The number of thiophene rings is 1. The number of nitriles is 1. The van der Waals surface area contributed by atoms with Crippen molar-refractivity contribution in [2.24, 2.45) is 0 Å². The summed E-state index contributed by atoms with van der Waals surface area (Å²) in [5.74, 6) is -0.210. The summed E-state index contributed by atoms with van der Waals surface area (Å²) in [5, 5.41) is 13.4. The van der Waals surface area contributed by atoms with Crippen LogP contribution >= 0.6 is 11.3 Å². The Morgan fingerprint density at radius 3 is 2.94 bits per heavy atom. The van der Waals surface area contributed by atoms with Crippen LogP contribution in [0.15, 0.2) is 47.9 Å². The molecule has 1 heterocycles. The van der Waals surface area contributed by atoms with Gasteiger partial charge in [-0.15, -0.1) is 11.3 Å². The third kappa shape index (κ3) is 3.30. The van der Waals surface area contributed by atoms with Gasteiger partial charge in [-0.05, 0) is 35.7 Å². The van der Waals surface area contributed by atoms with E-state index in [9.17, 15) is 4.79 Å². The summed E-state index contributed by atoms with van der Waals surface area (Å²) in [6.45, 7) is 0. The van der Waals surface area contributed by atoms with Gasteiger partial charge in [0.1, 0.15) is 0 Å². The number of nitrogens with one attached hydrogen (secondary N) is 1. The Morgan fingerprint density at radius 1 is 1.33 bits per heavy atom. The summed E-state index contributed by atoms with van der Waals surface area (Å²) in [4.78, 5) is 12.7. The van der Waals surface area contributed by atoms with E-state index in [0.29, 0.717) is 11.3 Å². The lowest BCUT2D eigenvalue weighted by atomic mass is 10.2. The SMILES string of the molecule is N#Cc1cccc(NC(=O)C=Cc2cccs2)c1. The van der Waals surface area contributed by atoms with Crippen molar-refractivity contribution < 1.29 is 4.79 Å². The lowest BCUT2D eigenvalue weighted by molar-refractivity contribution is -0.111. The molecule has 0 aliphatic heterocycles. The minimum atomic E-state index is -0.210. The Balaban J connectivity index is 2.01.